The van der Waals surface area contributed by atoms with Crippen LogP contribution in [0.2, 0.25) is 0 Å². The molecular weight excluding hydrogens is 322 g/mol. The summed E-state index contributed by atoms with van der Waals surface area (Å²) in [5, 5.41) is 9.75. The highest BCUT2D eigenvalue weighted by Gasteiger charge is 2.33. The van der Waals surface area contributed by atoms with Gasteiger partial charge in [0.05, 0.1) is 17.5 Å². The predicted octanol–water partition coefficient (Wildman–Crippen LogP) is 2.83. The Labute approximate surface area is 143 Å². The number of aliphatic hydroxyl groups excluding tert-OH is 1. The largest absolute Gasteiger partial charge is 0.395 e. The van der Waals surface area contributed by atoms with Crippen LogP contribution in [-0.4, -0.2) is 37.0 Å². The van der Waals surface area contributed by atoms with E-state index < -0.39 is 16.1 Å². The van der Waals surface area contributed by atoms with Crippen LogP contribution in [0.5, 0.6) is 0 Å². The van der Waals surface area contributed by atoms with Gasteiger partial charge in [-0.1, -0.05) is 54.1 Å². The number of aryl methyl sites for hydroxylation is 1. The average molecular weight is 343 g/mol. The first-order valence-corrected chi connectivity index (χ1v) is 9.40. The number of rotatable bonds is 4. The molecule has 1 heterocycles. The Bertz CT molecular complexity index is 827. The van der Waals surface area contributed by atoms with Crippen LogP contribution in [0.1, 0.15) is 17.5 Å². The molecule has 3 rings (SSSR count). The first-order valence-electron chi connectivity index (χ1n) is 7.96. The molecule has 0 unspecified atom stereocenters. The molecule has 0 amide bonds. The molecule has 1 aliphatic heterocycles. The van der Waals surface area contributed by atoms with Crippen LogP contribution in [-0.2, 0) is 10.0 Å². The number of nitrogens with zero attached hydrogens (tertiary/aromatic N) is 1. The fraction of sp³-hybridized carbons (Fsp3) is 0.263. The van der Waals surface area contributed by atoms with E-state index in [1.807, 2.05) is 43.3 Å². The van der Waals surface area contributed by atoms with Crippen molar-refractivity contribution in [2.45, 2.75) is 24.3 Å². The van der Waals surface area contributed by atoms with E-state index in [-0.39, 0.29) is 18.0 Å². The van der Waals surface area contributed by atoms with E-state index in [0.717, 1.165) is 16.7 Å². The average Bonchev–Trinajstić information content (AvgIpc) is 2.62. The van der Waals surface area contributed by atoms with Crippen molar-refractivity contribution in [3.8, 4) is 0 Å². The lowest BCUT2D eigenvalue weighted by Crippen LogP contribution is -2.44. The minimum atomic E-state index is -3.62. The maximum Gasteiger partial charge on any atom is 0.243 e. The van der Waals surface area contributed by atoms with Crippen molar-refractivity contribution < 1.29 is 13.5 Å². The number of hydrogen-bond donors (Lipinski definition) is 1. The smallest absolute Gasteiger partial charge is 0.243 e. The first kappa shape index (κ1) is 16.9. The summed E-state index contributed by atoms with van der Waals surface area (Å²) in [5.41, 5.74) is 3.16. The molecule has 0 aromatic heterocycles. The fourth-order valence-corrected chi connectivity index (χ4v) is 4.53. The summed E-state index contributed by atoms with van der Waals surface area (Å²) in [6.45, 7) is 1.99. The normalized spacial score (nSPS) is 19.1. The second-order valence-electron chi connectivity index (χ2n) is 6.02. The van der Waals surface area contributed by atoms with Crippen LogP contribution in [0.15, 0.2) is 65.6 Å². The summed E-state index contributed by atoms with van der Waals surface area (Å²) in [7, 11) is -3.62. The molecule has 4 nitrogen and oxygen atoms in total. The third kappa shape index (κ3) is 3.29. The molecule has 5 heteroatoms. The van der Waals surface area contributed by atoms with Gasteiger partial charge in [-0.05, 0) is 36.6 Å². The molecule has 126 valence electrons. The molecule has 1 aliphatic rings. The Kier molecular flexibility index (Phi) is 4.85. The summed E-state index contributed by atoms with van der Waals surface area (Å²) in [5.74, 6) is 0. The molecule has 24 heavy (non-hydrogen) atoms. The Balaban J connectivity index is 1.91. The van der Waals surface area contributed by atoms with Crippen LogP contribution >= 0.6 is 0 Å². The minimum absolute atomic E-state index is 0.199. The first-order chi connectivity index (χ1) is 11.5. The summed E-state index contributed by atoms with van der Waals surface area (Å²) in [4.78, 5) is 0.267. The van der Waals surface area contributed by atoms with Crippen LogP contribution in [0.4, 0.5) is 0 Å². The van der Waals surface area contributed by atoms with Crippen molar-refractivity contribution in [1.29, 1.82) is 0 Å². The molecule has 0 saturated heterocycles. The van der Waals surface area contributed by atoms with E-state index >= 15 is 0 Å². The topological polar surface area (TPSA) is 57.6 Å². The van der Waals surface area contributed by atoms with E-state index in [1.54, 1.807) is 24.3 Å². The van der Waals surface area contributed by atoms with E-state index in [0.29, 0.717) is 6.42 Å². The molecule has 0 spiro atoms. The number of sulfonamides is 1. The molecular formula is C19H21NO3S. The summed E-state index contributed by atoms with van der Waals surface area (Å²) in [6.07, 6.45) is 2.44. The molecule has 0 radical (unpaired) electrons. The van der Waals surface area contributed by atoms with Crippen LogP contribution in [0.3, 0.4) is 0 Å². The summed E-state index contributed by atoms with van der Waals surface area (Å²) < 4.78 is 27.2. The van der Waals surface area contributed by atoms with Gasteiger partial charge in [-0.2, -0.15) is 4.31 Å². The van der Waals surface area contributed by atoms with Gasteiger partial charge in [0.25, 0.3) is 0 Å². The third-order valence-corrected chi connectivity index (χ3v) is 6.30. The third-order valence-electron chi connectivity index (χ3n) is 4.36. The molecule has 0 bridgehead atoms. The van der Waals surface area contributed by atoms with Crippen LogP contribution in [0, 0.1) is 6.92 Å². The van der Waals surface area contributed by atoms with E-state index in [1.165, 1.54) is 4.31 Å². The van der Waals surface area contributed by atoms with Crippen molar-refractivity contribution in [1.82, 2.24) is 4.31 Å². The van der Waals surface area contributed by atoms with E-state index in [9.17, 15) is 13.5 Å². The van der Waals surface area contributed by atoms with Gasteiger partial charge in [-0.25, -0.2) is 8.42 Å². The molecule has 1 atom stereocenters. The minimum Gasteiger partial charge on any atom is -0.395 e. The van der Waals surface area contributed by atoms with Gasteiger partial charge in [0.15, 0.2) is 0 Å². The maximum atomic E-state index is 12.9. The Morgan fingerprint density at radius 3 is 2.38 bits per heavy atom. The van der Waals surface area contributed by atoms with Crippen molar-refractivity contribution in [3.05, 3.63) is 71.8 Å². The molecule has 1 N–H and O–H groups in total. The van der Waals surface area contributed by atoms with Crippen molar-refractivity contribution in [2.24, 2.45) is 0 Å². The van der Waals surface area contributed by atoms with Crippen molar-refractivity contribution in [3.63, 3.8) is 0 Å². The van der Waals surface area contributed by atoms with Gasteiger partial charge in [0, 0.05) is 6.54 Å². The molecule has 2 aromatic carbocycles. The number of hydrogen-bond acceptors (Lipinski definition) is 3. The lowest BCUT2D eigenvalue weighted by atomic mass is 9.96. The van der Waals surface area contributed by atoms with E-state index in [2.05, 4.69) is 0 Å². The van der Waals surface area contributed by atoms with Gasteiger partial charge in [0.2, 0.25) is 10.0 Å². The Hall–Kier alpha value is -1.95. The SMILES string of the molecule is Cc1ccc(S(=O)(=O)N2CC=C(c3ccccc3)C[C@H]2CO)cc1. The highest BCUT2D eigenvalue weighted by atomic mass is 32.2. The molecule has 0 saturated carbocycles. The highest BCUT2D eigenvalue weighted by Crippen LogP contribution is 2.30. The number of benzene rings is 2. The molecule has 0 aliphatic carbocycles. The zero-order valence-corrected chi connectivity index (χ0v) is 14.4. The van der Waals surface area contributed by atoms with Gasteiger partial charge < -0.3 is 5.11 Å². The lowest BCUT2D eigenvalue weighted by molar-refractivity contribution is 0.193. The monoisotopic (exact) mass is 343 g/mol. The maximum absolute atomic E-state index is 12.9. The summed E-state index contributed by atoms with van der Waals surface area (Å²) in [6, 6.07) is 16.2. The lowest BCUT2D eigenvalue weighted by Gasteiger charge is -2.33. The molecule has 0 fully saturated rings. The van der Waals surface area contributed by atoms with Crippen molar-refractivity contribution >= 4 is 15.6 Å². The quantitative estimate of drug-likeness (QED) is 0.929. The zero-order valence-electron chi connectivity index (χ0n) is 13.6. The van der Waals surface area contributed by atoms with Gasteiger partial charge in [-0.15, -0.1) is 0 Å². The predicted molar refractivity (Wildman–Crippen MR) is 95.0 cm³/mol. The van der Waals surface area contributed by atoms with Gasteiger partial charge >= 0.3 is 0 Å². The van der Waals surface area contributed by atoms with Crippen molar-refractivity contribution in [2.75, 3.05) is 13.2 Å². The second-order valence-corrected chi connectivity index (χ2v) is 7.91. The summed E-state index contributed by atoms with van der Waals surface area (Å²) >= 11 is 0. The highest BCUT2D eigenvalue weighted by molar-refractivity contribution is 7.89. The van der Waals surface area contributed by atoms with Gasteiger partial charge in [-0.3, -0.25) is 0 Å². The Morgan fingerprint density at radius 1 is 1.08 bits per heavy atom. The van der Waals surface area contributed by atoms with Crippen LogP contribution in [0.25, 0.3) is 5.57 Å². The standard InChI is InChI=1S/C19H21NO3S/c1-15-7-9-19(10-8-15)24(22,23)20-12-11-17(13-18(20)14-21)16-5-3-2-4-6-16/h2-11,18,21H,12-14H2,1H3/t18-/m0/s1. The van der Waals surface area contributed by atoms with Crippen LogP contribution < -0.4 is 0 Å². The number of aliphatic hydroxyl groups is 1. The zero-order chi connectivity index (χ0) is 17.2. The second kappa shape index (κ2) is 6.89. The fourth-order valence-electron chi connectivity index (χ4n) is 2.97. The van der Waals surface area contributed by atoms with Gasteiger partial charge in [0.1, 0.15) is 0 Å². The van der Waals surface area contributed by atoms with E-state index in [4.69, 9.17) is 0 Å². The molecule has 2 aromatic rings. The Morgan fingerprint density at radius 2 is 1.75 bits per heavy atom.